The smallest absolute Gasteiger partial charge is 0.361 e. The number of alkyl halides is 3. The van der Waals surface area contributed by atoms with Gasteiger partial charge < -0.3 is 9.88 Å². The highest BCUT2D eigenvalue weighted by Crippen LogP contribution is 2.22. The maximum Gasteiger partial charge on any atom is 0.390 e. The first-order valence-electron chi connectivity index (χ1n) is 8.36. The zero-order valence-electron chi connectivity index (χ0n) is 14.1. The number of para-hydroxylation sites is 1. The van der Waals surface area contributed by atoms with Crippen molar-refractivity contribution in [3.63, 3.8) is 0 Å². The number of aromatic amines is 1. The van der Waals surface area contributed by atoms with Gasteiger partial charge in [0.25, 0.3) is 0 Å². The van der Waals surface area contributed by atoms with Crippen LogP contribution in [0.1, 0.15) is 17.5 Å². The number of aromatic nitrogens is 1. The monoisotopic (exact) mass is 360 g/mol. The van der Waals surface area contributed by atoms with Crippen LogP contribution in [0.3, 0.4) is 0 Å². The number of fused-ring (bicyclic) bond motifs is 1. The van der Waals surface area contributed by atoms with Gasteiger partial charge in [0, 0.05) is 30.2 Å². The number of nitrogens with one attached hydrogen (secondary N) is 1. The Bertz CT molecular complexity index is 871. The minimum Gasteiger partial charge on any atom is -0.361 e. The van der Waals surface area contributed by atoms with Crippen LogP contribution >= 0.6 is 0 Å². The van der Waals surface area contributed by atoms with Crippen LogP contribution in [-0.2, 0) is 17.8 Å². The van der Waals surface area contributed by atoms with Crippen molar-refractivity contribution in [2.75, 3.05) is 6.54 Å². The van der Waals surface area contributed by atoms with E-state index in [-0.39, 0.29) is 25.4 Å². The predicted molar refractivity (Wildman–Crippen MR) is 94.5 cm³/mol. The zero-order valence-corrected chi connectivity index (χ0v) is 14.1. The minimum atomic E-state index is -4.30. The van der Waals surface area contributed by atoms with Gasteiger partial charge in [0.2, 0.25) is 5.91 Å². The van der Waals surface area contributed by atoms with Gasteiger partial charge in [0.1, 0.15) is 0 Å². The van der Waals surface area contributed by atoms with Gasteiger partial charge in [0.05, 0.1) is 12.8 Å². The largest absolute Gasteiger partial charge is 0.390 e. The maximum absolute atomic E-state index is 12.7. The average Bonchev–Trinajstić information content (AvgIpc) is 3.02. The molecule has 0 aliphatic rings. The van der Waals surface area contributed by atoms with Gasteiger partial charge in [-0.1, -0.05) is 48.5 Å². The molecular formula is C20H19F3N2O. The van der Waals surface area contributed by atoms with Crippen LogP contribution in [0.25, 0.3) is 10.9 Å². The third-order valence-corrected chi connectivity index (χ3v) is 4.25. The van der Waals surface area contributed by atoms with Gasteiger partial charge in [-0.05, 0) is 17.2 Å². The molecule has 0 saturated heterocycles. The number of nitrogens with zero attached hydrogens (tertiary/aromatic N) is 1. The molecule has 0 unspecified atom stereocenters. The molecule has 3 nitrogen and oxygen atoms in total. The van der Waals surface area contributed by atoms with E-state index in [0.29, 0.717) is 0 Å². The van der Waals surface area contributed by atoms with Gasteiger partial charge in [-0.25, -0.2) is 0 Å². The van der Waals surface area contributed by atoms with Crippen molar-refractivity contribution in [3.05, 3.63) is 71.9 Å². The Balaban J connectivity index is 1.77. The fourth-order valence-electron chi connectivity index (χ4n) is 2.91. The summed E-state index contributed by atoms with van der Waals surface area (Å²) in [5.41, 5.74) is 2.50. The molecule has 0 spiro atoms. The third kappa shape index (κ3) is 4.65. The fraction of sp³-hybridized carbons (Fsp3) is 0.250. The second-order valence-electron chi connectivity index (χ2n) is 6.20. The highest BCUT2D eigenvalue weighted by atomic mass is 19.4. The third-order valence-electron chi connectivity index (χ3n) is 4.25. The molecule has 1 N–H and O–H groups in total. The predicted octanol–water partition coefficient (Wildman–Crippen LogP) is 4.69. The molecule has 1 amide bonds. The van der Waals surface area contributed by atoms with Crippen LogP contribution in [0.5, 0.6) is 0 Å². The fourth-order valence-corrected chi connectivity index (χ4v) is 2.91. The number of carbonyl (C=O) groups is 1. The molecule has 6 heteroatoms. The minimum absolute atomic E-state index is 0.0642. The molecule has 1 heterocycles. The molecule has 0 fully saturated rings. The number of rotatable bonds is 6. The van der Waals surface area contributed by atoms with Crippen LogP contribution in [-0.4, -0.2) is 28.5 Å². The molecular weight excluding hydrogens is 341 g/mol. The number of halogens is 3. The Hall–Kier alpha value is -2.76. The molecule has 0 bridgehead atoms. The standard InChI is InChI=1S/C20H19F3N2O/c21-20(22,23)10-11-25(14-15-6-2-1-3-7-15)19(26)12-16-13-24-18-9-5-4-8-17(16)18/h1-9,13,24H,10-12,14H2. The lowest BCUT2D eigenvalue weighted by atomic mass is 10.1. The maximum atomic E-state index is 12.7. The lowest BCUT2D eigenvalue weighted by Crippen LogP contribution is -2.34. The Morgan fingerprint density at radius 2 is 1.69 bits per heavy atom. The van der Waals surface area contributed by atoms with Crippen molar-refractivity contribution in [3.8, 4) is 0 Å². The zero-order chi connectivity index (χ0) is 18.6. The second-order valence-corrected chi connectivity index (χ2v) is 6.20. The summed E-state index contributed by atoms with van der Waals surface area (Å²) in [5.74, 6) is -0.317. The number of hydrogen-bond acceptors (Lipinski definition) is 1. The van der Waals surface area contributed by atoms with E-state index in [1.807, 2.05) is 30.3 Å². The molecule has 0 aliphatic carbocycles. The first-order chi connectivity index (χ1) is 12.4. The van der Waals surface area contributed by atoms with Crippen molar-refractivity contribution in [1.29, 1.82) is 0 Å². The Morgan fingerprint density at radius 1 is 1.00 bits per heavy atom. The van der Waals surface area contributed by atoms with Gasteiger partial charge in [0.15, 0.2) is 0 Å². The summed E-state index contributed by atoms with van der Waals surface area (Å²) in [4.78, 5) is 17.1. The van der Waals surface area contributed by atoms with Crippen LogP contribution in [0.2, 0.25) is 0 Å². The second kappa shape index (κ2) is 7.64. The summed E-state index contributed by atoms with van der Waals surface area (Å²) in [6.45, 7) is -0.183. The van der Waals surface area contributed by atoms with E-state index in [2.05, 4.69) is 4.98 Å². The number of H-pyrrole nitrogens is 1. The molecule has 26 heavy (non-hydrogen) atoms. The number of hydrogen-bond donors (Lipinski definition) is 1. The van der Waals surface area contributed by atoms with Crippen molar-refractivity contribution in [1.82, 2.24) is 9.88 Å². The van der Waals surface area contributed by atoms with Gasteiger partial charge in [-0.15, -0.1) is 0 Å². The summed E-state index contributed by atoms with van der Waals surface area (Å²) in [6, 6.07) is 16.6. The molecule has 3 rings (SSSR count). The summed E-state index contributed by atoms with van der Waals surface area (Å²) in [6.07, 6.45) is -3.50. The molecule has 1 aromatic heterocycles. The molecule has 0 saturated carbocycles. The van der Waals surface area contributed by atoms with Crippen molar-refractivity contribution < 1.29 is 18.0 Å². The van der Waals surface area contributed by atoms with E-state index in [1.165, 1.54) is 4.90 Å². The Morgan fingerprint density at radius 3 is 2.42 bits per heavy atom. The van der Waals surface area contributed by atoms with Crippen molar-refractivity contribution in [2.24, 2.45) is 0 Å². The summed E-state index contributed by atoms with van der Waals surface area (Å²) in [7, 11) is 0. The quantitative estimate of drug-likeness (QED) is 0.680. The lowest BCUT2D eigenvalue weighted by molar-refractivity contribution is -0.145. The Labute approximate surface area is 149 Å². The first kappa shape index (κ1) is 18.0. The van der Waals surface area contributed by atoms with E-state index >= 15 is 0 Å². The first-order valence-corrected chi connectivity index (χ1v) is 8.36. The van der Waals surface area contributed by atoms with E-state index < -0.39 is 12.6 Å². The SMILES string of the molecule is O=C(Cc1c[nH]c2ccccc12)N(CCC(F)(F)F)Cc1ccccc1. The van der Waals surface area contributed by atoms with E-state index in [4.69, 9.17) is 0 Å². The highest BCUT2D eigenvalue weighted by Gasteiger charge is 2.29. The number of amides is 1. The van der Waals surface area contributed by atoms with Gasteiger partial charge >= 0.3 is 6.18 Å². The topological polar surface area (TPSA) is 36.1 Å². The molecule has 136 valence electrons. The van der Waals surface area contributed by atoms with E-state index in [0.717, 1.165) is 22.0 Å². The summed E-state index contributed by atoms with van der Waals surface area (Å²) in [5, 5.41) is 0.913. The normalized spacial score (nSPS) is 11.7. The Kier molecular flexibility index (Phi) is 5.30. The van der Waals surface area contributed by atoms with E-state index in [1.54, 1.807) is 30.5 Å². The average molecular weight is 360 g/mol. The molecule has 0 aliphatic heterocycles. The lowest BCUT2D eigenvalue weighted by Gasteiger charge is -2.23. The van der Waals surface area contributed by atoms with E-state index in [9.17, 15) is 18.0 Å². The summed E-state index contributed by atoms with van der Waals surface area (Å²) >= 11 is 0. The van der Waals surface area contributed by atoms with Crippen LogP contribution < -0.4 is 0 Å². The molecule has 2 aromatic carbocycles. The number of benzene rings is 2. The molecule has 0 radical (unpaired) electrons. The van der Waals surface area contributed by atoms with Crippen LogP contribution in [0.4, 0.5) is 13.2 Å². The molecule has 0 atom stereocenters. The highest BCUT2D eigenvalue weighted by molar-refractivity contribution is 5.88. The molecule has 3 aromatic rings. The number of carbonyl (C=O) groups excluding carboxylic acids is 1. The summed E-state index contributed by atoms with van der Waals surface area (Å²) < 4.78 is 38.0. The van der Waals surface area contributed by atoms with Crippen LogP contribution in [0.15, 0.2) is 60.8 Å². The van der Waals surface area contributed by atoms with Crippen molar-refractivity contribution >= 4 is 16.8 Å². The van der Waals surface area contributed by atoms with Crippen molar-refractivity contribution in [2.45, 2.75) is 25.6 Å². The van der Waals surface area contributed by atoms with Crippen LogP contribution in [0, 0.1) is 0 Å². The van der Waals surface area contributed by atoms with Gasteiger partial charge in [-0.3, -0.25) is 4.79 Å². The van der Waals surface area contributed by atoms with Gasteiger partial charge in [-0.2, -0.15) is 13.2 Å².